The Kier molecular flexibility index (Phi) is 4.77. The van der Waals surface area contributed by atoms with Crippen LogP contribution in [0.4, 0.5) is 11.4 Å². The van der Waals surface area contributed by atoms with Crippen molar-refractivity contribution >= 4 is 17.2 Å². The van der Waals surface area contributed by atoms with Crippen molar-refractivity contribution in [3.05, 3.63) is 84.4 Å². The van der Waals surface area contributed by atoms with Gasteiger partial charge in [-0.2, -0.15) is 0 Å². The zero-order valence-corrected chi connectivity index (χ0v) is 13.3. The summed E-state index contributed by atoms with van der Waals surface area (Å²) in [6.07, 6.45) is 0. The number of nitrogens with one attached hydrogen (secondary N) is 1. The van der Waals surface area contributed by atoms with Crippen LogP contribution in [0.15, 0.2) is 83.9 Å². The van der Waals surface area contributed by atoms with Crippen LogP contribution in [0, 0.1) is 0 Å². The molecule has 0 aliphatic carbocycles. The standard InChI is InChI=1S/C20H18N2O2/c1-24-19-13-9-17(10-14-19)22-20(15-7-11-18(23)12-8-15)21-16-5-3-2-4-6-16/h2-14,23H,1H3,(H,21,22). The number of aromatic hydroxyl groups is 1. The van der Waals surface area contributed by atoms with Crippen LogP contribution in [0.3, 0.4) is 0 Å². The van der Waals surface area contributed by atoms with Crippen molar-refractivity contribution in [1.29, 1.82) is 0 Å². The summed E-state index contributed by atoms with van der Waals surface area (Å²) in [4.78, 5) is 4.70. The molecule has 0 aromatic heterocycles. The molecule has 0 spiro atoms. The van der Waals surface area contributed by atoms with E-state index < -0.39 is 0 Å². The van der Waals surface area contributed by atoms with Gasteiger partial charge in [-0.15, -0.1) is 0 Å². The first-order valence-corrected chi connectivity index (χ1v) is 7.59. The van der Waals surface area contributed by atoms with Crippen molar-refractivity contribution in [2.75, 3.05) is 12.4 Å². The number of rotatable bonds is 4. The third kappa shape index (κ3) is 3.93. The molecule has 2 N–H and O–H groups in total. The molecule has 0 amide bonds. The van der Waals surface area contributed by atoms with Crippen molar-refractivity contribution < 1.29 is 9.84 Å². The first kappa shape index (κ1) is 15.6. The topological polar surface area (TPSA) is 53.8 Å². The number of para-hydroxylation sites is 1. The summed E-state index contributed by atoms with van der Waals surface area (Å²) < 4.78 is 5.18. The summed E-state index contributed by atoms with van der Waals surface area (Å²) in [7, 11) is 1.64. The summed E-state index contributed by atoms with van der Waals surface area (Å²) in [5, 5.41) is 12.8. The van der Waals surface area contributed by atoms with Gasteiger partial charge in [-0.3, -0.25) is 0 Å². The Morgan fingerprint density at radius 1 is 0.875 bits per heavy atom. The van der Waals surface area contributed by atoms with E-state index in [1.165, 1.54) is 0 Å². The average Bonchev–Trinajstić information content (AvgIpc) is 2.63. The van der Waals surface area contributed by atoms with E-state index >= 15 is 0 Å². The number of amidine groups is 1. The molecule has 0 aliphatic rings. The highest BCUT2D eigenvalue weighted by Gasteiger charge is 2.05. The van der Waals surface area contributed by atoms with E-state index in [4.69, 9.17) is 9.73 Å². The third-order valence-corrected chi connectivity index (χ3v) is 3.49. The first-order valence-electron chi connectivity index (χ1n) is 7.59. The minimum atomic E-state index is 0.224. The van der Waals surface area contributed by atoms with Crippen molar-refractivity contribution in [3.63, 3.8) is 0 Å². The summed E-state index contributed by atoms with van der Waals surface area (Å²) >= 11 is 0. The molecule has 4 heteroatoms. The molecule has 0 fully saturated rings. The van der Waals surface area contributed by atoms with Gasteiger partial charge in [-0.25, -0.2) is 4.99 Å². The monoisotopic (exact) mass is 318 g/mol. The number of methoxy groups -OCH3 is 1. The Morgan fingerprint density at radius 2 is 1.54 bits per heavy atom. The van der Waals surface area contributed by atoms with Gasteiger partial charge in [0.25, 0.3) is 0 Å². The van der Waals surface area contributed by atoms with Crippen molar-refractivity contribution in [1.82, 2.24) is 0 Å². The molecule has 3 rings (SSSR count). The van der Waals surface area contributed by atoms with Crippen molar-refractivity contribution in [2.24, 2.45) is 4.99 Å². The number of anilines is 1. The van der Waals surface area contributed by atoms with Crippen LogP contribution in [-0.4, -0.2) is 18.1 Å². The molecule has 3 aromatic rings. The number of ether oxygens (including phenoxy) is 1. The fourth-order valence-electron chi connectivity index (χ4n) is 2.23. The third-order valence-electron chi connectivity index (χ3n) is 3.49. The molecule has 0 saturated carbocycles. The average molecular weight is 318 g/mol. The molecule has 0 unspecified atom stereocenters. The highest BCUT2D eigenvalue weighted by Crippen LogP contribution is 2.20. The summed E-state index contributed by atoms with van der Waals surface area (Å²) in [5.74, 6) is 1.71. The lowest BCUT2D eigenvalue weighted by atomic mass is 10.2. The number of phenolic OH excluding ortho intramolecular Hbond substituents is 1. The number of phenols is 1. The van der Waals surface area contributed by atoms with Gasteiger partial charge >= 0.3 is 0 Å². The predicted molar refractivity (Wildman–Crippen MR) is 97.4 cm³/mol. The molecule has 4 nitrogen and oxygen atoms in total. The van der Waals surface area contributed by atoms with E-state index in [0.29, 0.717) is 5.84 Å². The van der Waals surface area contributed by atoms with E-state index in [-0.39, 0.29) is 5.75 Å². The molecule has 0 saturated heterocycles. The Hall–Kier alpha value is -3.27. The normalized spacial score (nSPS) is 11.1. The maximum atomic E-state index is 9.50. The first-order chi connectivity index (χ1) is 11.7. The van der Waals surface area contributed by atoms with E-state index in [0.717, 1.165) is 22.7 Å². The van der Waals surface area contributed by atoms with Crippen LogP contribution in [0.1, 0.15) is 5.56 Å². The number of hydrogen-bond acceptors (Lipinski definition) is 3. The van der Waals surface area contributed by atoms with Crippen LogP contribution >= 0.6 is 0 Å². The van der Waals surface area contributed by atoms with Crippen LogP contribution in [0.2, 0.25) is 0 Å². The van der Waals surface area contributed by atoms with Gasteiger partial charge in [0.2, 0.25) is 0 Å². The molecular weight excluding hydrogens is 300 g/mol. The fourth-order valence-corrected chi connectivity index (χ4v) is 2.23. The molecule has 0 heterocycles. The molecule has 3 aromatic carbocycles. The van der Waals surface area contributed by atoms with Crippen molar-refractivity contribution in [3.8, 4) is 11.5 Å². The largest absolute Gasteiger partial charge is 0.508 e. The quantitative estimate of drug-likeness (QED) is 0.546. The van der Waals surface area contributed by atoms with Gasteiger partial charge in [0.05, 0.1) is 12.8 Å². The van der Waals surface area contributed by atoms with E-state index in [9.17, 15) is 5.11 Å². The van der Waals surface area contributed by atoms with E-state index in [2.05, 4.69) is 5.32 Å². The lowest BCUT2D eigenvalue weighted by molar-refractivity contribution is 0.415. The Labute approximate surface area is 141 Å². The summed E-state index contributed by atoms with van der Waals surface area (Å²) in [6, 6.07) is 24.3. The van der Waals surface area contributed by atoms with Crippen LogP contribution in [0.5, 0.6) is 11.5 Å². The number of hydrogen-bond donors (Lipinski definition) is 2. The Balaban J connectivity index is 1.96. The Morgan fingerprint density at radius 3 is 2.17 bits per heavy atom. The van der Waals surface area contributed by atoms with Crippen LogP contribution in [0.25, 0.3) is 0 Å². The Bertz CT molecular complexity index is 811. The molecule has 120 valence electrons. The van der Waals surface area contributed by atoms with Crippen LogP contribution in [-0.2, 0) is 0 Å². The molecule has 24 heavy (non-hydrogen) atoms. The number of aliphatic imine (C=N–C) groups is 1. The zero-order valence-electron chi connectivity index (χ0n) is 13.3. The van der Waals surface area contributed by atoms with Gasteiger partial charge in [0.15, 0.2) is 0 Å². The second-order valence-corrected chi connectivity index (χ2v) is 5.20. The smallest absolute Gasteiger partial charge is 0.138 e. The van der Waals surface area contributed by atoms with Crippen LogP contribution < -0.4 is 10.1 Å². The molecule has 0 radical (unpaired) electrons. The van der Waals surface area contributed by atoms with Gasteiger partial charge < -0.3 is 15.2 Å². The minimum Gasteiger partial charge on any atom is -0.508 e. The number of benzene rings is 3. The summed E-state index contributed by atoms with van der Waals surface area (Å²) in [5.41, 5.74) is 2.63. The second kappa shape index (κ2) is 7.33. The molecule has 0 aliphatic heterocycles. The lowest BCUT2D eigenvalue weighted by Crippen LogP contribution is -2.13. The minimum absolute atomic E-state index is 0.224. The second-order valence-electron chi connectivity index (χ2n) is 5.20. The fraction of sp³-hybridized carbons (Fsp3) is 0.0500. The lowest BCUT2D eigenvalue weighted by Gasteiger charge is -2.11. The maximum absolute atomic E-state index is 9.50. The van der Waals surface area contributed by atoms with E-state index in [1.54, 1.807) is 19.2 Å². The predicted octanol–water partition coefficient (Wildman–Crippen LogP) is 4.59. The zero-order chi connectivity index (χ0) is 16.8. The van der Waals surface area contributed by atoms with Gasteiger partial charge in [0.1, 0.15) is 17.3 Å². The highest BCUT2D eigenvalue weighted by molar-refractivity contribution is 6.09. The molecule has 0 atom stereocenters. The van der Waals surface area contributed by atoms with Gasteiger partial charge in [-0.05, 0) is 60.7 Å². The van der Waals surface area contributed by atoms with Gasteiger partial charge in [-0.1, -0.05) is 18.2 Å². The van der Waals surface area contributed by atoms with Gasteiger partial charge in [0, 0.05) is 11.3 Å². The number of nitrogens with zero attached hydrogens (tertiary/aromatic N) is 1. The van der Waals surface area contributed by atoms with Crippen molar-refractivity contribution in [2.45, 2.75) is 0 Å². The van der Waals surface area contributed by atoms with E-state index in [1.807, 2.05) is 66.7 Å². The molecular formula is C20H18N2O2. The summed E-state index contributed by atoms with van der Waals surface area (Å²) in [6.45, 7) is 0. The SMILES string of the molecule is COc1ccc(N=C(Nc2ccccc2)c2ccc(O)cc2)cc1. The molecule has 0 bridgehead atoms. The maximum Gasteiger partial charge on any atom is 0.138 e. The highest BCUT2D eigenvalue weighted by atomic mass is 16.5.